The maximum Gasteiger partial charge on any atom is 0.257 e. The van der Waals surface area contributed by atoms with Crippen molar-refractivity contribution in [2.75, 3.05) is 5.73 Å². The number of aryl methyl sites for hydroxylation is 1. The van der Waals surface area contributed by atoms with Gasteiger partial charge < -0.3 is 10.6 Å². The summed E-state index contributed by atoms with van der Waals surface area (Å²) in [4.78, 5) is 23.6. The number of aromatic nitrogens is 2. The van der Waals surface area contributed by atoms with Crippen molar-refractivity contribution >= 4 is 34.2 Å². The van der Waals surface area contributed by atoms with Gasteiger partial charge in [0.15, 0.2) is 0 Å². The Bertz CT molecular complexity index is 1190. The van der Waals surface area contributed by atoms with E-state index in [1.165, 1.54) is 18.3 Å². The fourth-order valence-corrected chi connectivity index (χ4v) is 4.23. The zero-order valence-corrected chi connectivity index (χ0v) is 17.7. The molecule has 1 aromatic carbocycles. The Labute approximate surface area is 184 Å². The highest BCUT2D eigenvalue weighted by Crippen LogP contribution is 2.32. The van der Waals surface area contributed by atoms with Gasteiger partial charge in [0, 0.05) is 23.7 Å². The number of hydrogen-bond acceptors (Lipinski definition) is 5. The van der Waals surface area contributed by atoms with E-state index in [1.54, 1.807) is 30.0 Å². The first-order valence-corrected chi connectivity index (χ1v) is 10.4. The minimum atomic E-state index is -0.672. The highest BCUT2D eigenvalue weighted by Gasteiger charge is 2.36. The topological polar surface area (TPSA) is 95.9 Å². The van der Waals surface area contributed by atoms with Crippen LogP contribution >= 0.6 is 11.6 Å². The Morgan fingerprint density at radius 3 is 2.87 bits per heavy atom. The summed E-state index contributed by atoms with van der Waals surface area (Å²) in [5, 5.41) is 10.7. The van der Waals surface area contributed by atoms with Gasteiger partial charge in [-0.05, 0) is 56.0 Å². The average molecular weight is 438 g/mol. The molecule has 31 heavy (non-hydrogen) atoms. The lowest BCUT2D eigenvalue weighted by atomic mass is 10.0. The predicted molar refractivity (Wildman–Crippen MR) is 117 cm³/mol. The number of hydrogen-bond donors (Lipinski definition) is 1. The summed E-state index contributed by atoms with van der Waals surface area (Å²) >= 11 is 5.93. The standard InChI is InChI=1S/C23H21ClFN5O/c1-13-7-15-8-18(19(25)9-20(15)29-22(13)27)23(31)30(21-4-2-3-14(21)10-26)12-17-6-5-16(24)11-28-17/h5-9,11,14,21H,2-4,12H2,1H3,(H2,27,29). The lowest BCUT2D eigenvalue weighted by Gasteiger charge is -2.31. The summed E-state index contributed by atoms with van der Waals surface area (Å²) in [6.07, 6.45) is 3.74. The van der Waals surface area contributed by atoms with E-state index in [-0.39, 0.29) is 24.1 Å². The van der Waals surface area contributed by atoms with Crippen LogP contribution in [0.15, 0.2) is 36.5 Å². The lowest BCUT2D eigenvalue weighted by Crippen LogP contribution is -2.42. The van der Waals surface area contributed by atoms with E-state index in [1.807, 2.05) is 0 Å². The number of carbonyl (C=O) groups is 1. The second kappa shape index (κ2) is 8.48. The van der Waals surface area contributed by atoms with Crippen molar-refractivity contribution in [2.45, 2.75) is 38.8 Å². The van der Waals surface area contributed by atoms with Crippen LogP contribution in [0.4, 0.5) is 10.2 Å². The number of carbonyl (C=O) groups excluding carboxylic acids is 1. The van der Waals surface area contributed by atoms with Crippen LogP contribution in [0.3, 0.4) is 0 Å². The molecule has 0 spiro atoms. The monoisotopic (exact) mass is 437 g/mol. The van der Waals surface area contributed by atoms with Crippen molar-refractivity contribution in [3.05, 3.63) is 64.2 Å². The first-order valence-electron chi connectivity index (χ1n) is 10.0. The Kier molecular flexibility index (Phi) is 5.75. The molecule has 6 nitrogen and oxygen atoms in total. The van der Waals surface area contributed by atoms with Crippen LogP contribution in [-0.4, -0.2) is 26.8 Å². The third-order valence-corrected chi connectivity index (χ3v) is 6.01. The molecule has 1 saturated carbocycles. The number of benzene rings is 1. The number of rotatable bonds is 4. The number of halogens is 2. The van der Waals surface area contributed by atoms with Gasteiger partial charge in [-0.1, -0.05) is 11.6 Å². The largest absolute Gasteiger partial charge is 0.383 e. The molecule has 1 aliphatic carbocycles. The Morgan fingerprint density at radius 1 is 1.35 bits per heavy atom. The molecule has 8 heteroatoms. The Morgan fingerprint density at radius 2 is 2.16 bits per heavy atom. The van der Waals surface area contributed by atoms with Gasteiger partial charge in [0.2, 0.25) is 0 Å². The molecule has 158 valence electrons. The van der Waals surface area contributed by atoms with Gasteiger partial charge in [-0.15, -0.1) is 0 Å². The van der Waals surface area contributed by atoms with Gasteiger partial charge in [0.05, 0.1) is 40.3 Å². The molecule has 0 aliphatic heterocycles. The van der Waals surface area contributed by atoms with E-state index in [4.69, 9.17) is 17.3 Å². The zero-order chi connectivity index (χ0) is 22.1. The normalized spacial score (nSPS) is 18.1. The second-order valence-electron chi connectivity index (χ2n) is 7.85. The minimum Gasteiger partial charge on any atom is -0.383 e. The highest BCUT2D eigenvalue weighted by atomic mass is 35.5. The predicted octanol–water partition coefficient (Wildman–Crippen LogP) is 4.65. The van der Waals surface area contributed by atoms with Crippen molar-refractivity contribution in [1.82, 2.24) is 14.9 Å². The van der Waals surface area contributed by atoms with E-state index < -0.39 is 11.7 Å². The number of nitrogen functional groups attached to an aromatic ring is 1. The molecule has 1 fully saturated rings. The summed E-state index contributed by atoms with van der Waals surface area (Å²) in [5.74, 6) is -1.13. The molecule has 2 atom stereocenters. The second-order valence-corrected chi connectivity index (χ2v) is 8.29. The fraction of sp³-hybridized carbons (Fsp3) is 0.304. The Hall–Kier alpha value is -3.24. The van der Waals surface area contributed by atoms with Crippen LogP contribution in [-0.2, 0) is 6.54 Å². The van der Waals surface area contributed by atoms with Crippen LogP contribution in [0.1, 0.15) is 40.9 Å². The maximum atomic E-state index is 15.0. The first kappa shape index (κ1) is 21.0. The van der Waals surface area contributed by atoms with Gasteiger partial charge in [-0.25, -0.2) is 9.37 Å². The molecule has 2 aromatic heterocycles. The van der Waals surface area contributed by atoms with Crippen LogP contribution in [0.2, 0.25) is 5.02 Å². The molecule has 0 saturated heterocycles. The van der Waals surface area contributed by atoms with Crippen LogP contribution in [0, 0.1) is 30.0 Å². The zero-order valence-electron chi connectivity index (χ0n) is 17.0. The van der Waals surface area contributed by atoms with Gasteiger partial charge in [-0.2, -0.15) is 5.26 Å². The number of fused-ring (bicyclic) bond motifs is 1. The molecule has 3 aromatic rings. The summed E-state index contributed by atoms with van der Waals surface area (Å²) in [6, 6.07) is 9.93. The average Bonchev–Trinajstić information content (AvgIpc) is 3.22. The number of pyridine rings is 2. The van der Waals surface area contributed by atoms with Crippen molar-refractivity contribution in [2.24, 2.45) is 5.92 Å². The molecule has 4 rings (SSSR count). The molecule has 2 N–H and O–H groups in total. The van der Waals surface area contributed by atoms with Gasteiger partial charge in [-0.3, -0.25) is 9.78 Å². The molecule has 0 bridgehead atoms. The maximum absolute atomic E-state index is 15.0. The third kappa shape index (κ3) is 4.17. The van der Waals surface area contributed by atoms with Gasteiger partial charge >= 0.3 is 0 Å². The number of anilines is 1. The lowest BCUT2D eigenvalue weighted by molar-refractivity contribution is 0.0631. The SMILES string of the molecule is Cc1cc2cc(C(=O)N(Cc3ccc(Cl)cn3)C3CCCC3C#N)c(F)cc2nc1N. The van der Waals surface area contributed by atoms with E-state index in [0.717, 1.165) is 12.0 Å². The molecule has 2 heterocycles. The third-order valence-electron chi connectivity index (χ3n) is 5.79. The number of nitrogens with zero attached hydrogens (tertiary/aromatic N) is 4. The van der Waals surface area contributed by atoms with Crippen LogP contribution in [0.5, 0.6) is 0 Å². The number of nitrogens with two attached hydrogens (primary N) is 1. The molecule has 1 aliphatic rings. The summed E-state index contributed by atoms with van der Waals surface area (Å²) in [7, 11) is 0. The highest BCUT2D eigenvalue weighted by molar-refractivity contribution is 6.30. The molecular formula is C23H21ClFN5O. The van der Waals surface area contributed by atoms with Gasteiger partial charge in [0.25, 0.3) is 5.91 Å². The van der Waals surface area contributed by atoms with E-state index in [2.05, 4.69) is 16.0 Å². The van der Waals surface area contributed by atoms with Crippen molar-refractivity contribution in [3.8, 4) is 6.07 Å². The Balaban J connectivity index is 1.76. The van der Waals surface area contributed by atoms with E-state index >= 15 is 0 Å². The number of nitriles is 1. The summed E-state index contributed by atoms with van der Waals surface area (Å²) < 4.78 is 15.0. The quantitative estimate of drug-likeness (QED) is 0.641. The van der Waals surface area contributed by atoms with Gasteiger partial charge in [0.1, 0.15) is 11.6 Å². The van der Waals surface area contributed by atoms with Crippen molar-refractivity contribution in [3.63, 3.8) is 0 Å². The molecule has 1 amide bonds. The first-order chi connectivity index (χ1) is 14.9. The fourth-order valence-electron chi connectivity index (χ4n) is 4.11. The van der Waals surface area contributed by atoms with Crippen molar-refractivity contribution in [1.29, 1.82) is 5.26 Å². The van der Waals surface area contributed by atoms with E-state index in [0.29, 0.717) is 40.3 Å². The van der Waals surface area contributed by atoms with E-state index in [9.17, 15) is 14.4 Å². The molecular weight excluding hydrogens is 417 g/mol. The van der Waals surface area contributed by atoms with Crippen molar-refractivity contribution < 1.29 is 9.18 Å². The summed E-state index contributed by atoms with van der Waals surface area (Å²) in [5.41, 5.74) is 7.53. The van der Waals surface area contributed by atoms with Crippen LogP contribution < -0.4 is 5.73 Å². The van der Waals surface area contributed by atoms with Crippen LogP contribution in [0.25, 0.3) is 10.9 Å². The smallest absolute Gasteiger partial charge is 0.257 e. The minimum absolute atomic E-state index is 0.0592. The molecule has 0 radical (unpaired) electrons. The number of amides is 1. The molecule has 2 unspecified atom stereocenters. The summed E-state index contributed by atoms with van der Waals surface area (Å²) in [6.45, 7) is 1.97.